The summed E-state index contributed by atoms with van der Waals surface area (Å²) in [4.78, 5) is 40.8. The smallest absolute Gasteiger partial charge is 0.242 e. The number of hydrogen-bond donors (Lipinski definition) is 2. The molecule has 1 aromatic rings. The van der Waals surface area contributed by atoms with Crippen LogP contribution >= 0.6 is 0 Å². The molecule has 0 heterocycles. The number of amides is 3. The summed E-state index contributed by atoms with van der Waals surface area (Å²) in [5.41, 5.74) is 6.37. The molecule has 1 saturated carbocycles. The Bertz CT molecular complexity index is 769. The fraction of sp³-hybridized carbons (Fsp3) is 0.542. The summed E-state index contributed by atoms with van der Waals surface area (Å²) < 4.78 is 0. The van der Waals surface area contributed by atoms with Gasteiger partial charge in [-0.3, -0.25) is 19.7 Å². The quantitative estimate of drug-likeness (QED) is 0.414. The van der Waals surface area contributed by atoms with E-state index in [9.17, 15) is 14.4 Å². The van der Waals surface area contributed by atoms with Crippen LogP contribution in [0, 0.1) is 18.3 Å². The maximum Gasteiger partial charge on any atom is 0.242 e. The molecule has 0 bridgehead atoms. The number of hydrogen-bond acceptors (Lipinski definition) is 4. The summed E-state index contributed by atoms with van der Waals surface area (Å²) in [6, 6.07) is 9.39. The zero-order valence-corrected chi connectivity index (χ0v) is 18.4. The summed E-state index contributed by atoms with van der Waals surface area (Å²) in [5, 5.41) is 2.88. The molecule has 3 amide bonds. The van der Waals surface area contributed by atoms with Crippen LogP contribution in [-0.2, 0) is 20.9 Å². The molecule has 1 aromatic carbocycles. The van der Waals surface area contributed by atoms with Gasteiger partial charge in [-0.2, -0.15) is 0 Å². The van der Waals surface area contributed by atoms with Gasteiger partial charge in [0.25, 0.3) is 0 Å². The number of nitrogens with zero attached hydrogens (tertiary/aromatic N) is 2. The standard InChI is InChI=1S/C24H34N4O3/c1-3-14-26-15-23(30)27(16-20-10-6-4-7-11-20)18-24(31)28(17-22(25)29)19(2)21-12-8-5-9-13-21/h1,4,6-7,10-11,19,21,26H,5,8-9,12-18H2,2H3,(H2,25,29)/t19-/m0/s1. The molecule has 7 nitrogen and oxygen atoms in total. The fourth-order valence-electron chi connectivity index (χ4n) is 4.14. The van der Waals surface area contributed by atoms with Crippen molar-refractivity contribution in [2.75, 3.05) is 26.2 Å². The number of benzene rings is 1. The minimum Gasteiger partial charge on any atom is -0.368 e. The highest BCUT2D eigenvalue weighted by Crippen LogP contribution is 2.29. The Kier molecular flexibility index (Phi) is 10.0. The Balaban J connectivity index is 2.15. The van der Waals surface area contributed by atoms with Gasteiger partial charge in [-0.15, -0.1) is 6.42 Å². The normalized spacial score (nSPS) is 15.0. The van der Waals surface area contributed by atoms with Crippen molar-refractivity contribution in [1.29, 1.82) is 0 Å². The second-order valence-electron chi connectivity index (χ2n) is 8.17. The number of nitrogens with two attached hydrogens (primary N) is 1. The number of terminal acetylenes is 1. The van der Waals surface area contributed by atoms with Crippen LogP contribution in [0.2, 0.25) is 0 Å². The summed E-state index contributed by atoms with van der Waals surface area (Å²) in [6.07, 6.45) is 10.8. The molecule has 0 radical (unpaired) electrons. The van der Waals surface area contributed by atoms with Gasteiger partial charge in [0.1, 0.15) is 6.54 Å². The molecule has 2 rings (SSSR count). The van der Waals surface area contributed by atoms with Gasteiger partial charge < -0.3 is 15.5 Å². The van der Waals surface area contributed by atoms with Gasteiger partial charge in [-0.05, 0) is 31.2 Å². The monoisotopic (exact) mass is 426 g/mol. The Morgan fingerprint density at radius 1 is 1.13 bits per heavy atom. The Labute approximate surface area is 185 Å². The van der Waals surface area contributed by atoms with E-state index >= 15 is 0 Å². The van der Waals surface area contributed by atoms with Crippen molar-refractivity contribution in [3.8, 4) is 12.3 Å². The van der Waals surface area contributed by atoms with Crippen LogP contribution in [0.15, 0.2) is 30.3 Å². The van der Waals surface area contributed by atoms with Crippen molar-refractivity contribution in [3.05, 3.63) is 35.9 Å². The average Bonchev–Trinajstić information content (AvgIpc) is 2.77. The molecule has 0 saturated heterocycles. The first-order valence-electron chi connectivity index (χ1n) is 11.0. The molecule has 0 aliphatic heterocycles. The van der Waals surface area contributed by atoms with E-state index in [0.29, 0.717) is 12.5 Å². The number of rotatable bonds is 11. The highest BCUT2D eigenvalue weighted by Gasteiger charge is 2.31. The molecular formula is C24H34N4O3. The van der Waals surface area contributed by atoms with Crippen LogP contribution in [0.1, 0.15) is 44.6 Å². The second kappa shape index (κ2) is 12.8. The fourth-order valence-corrected chi connectivity index (χ4v) is 4.14. The lowest BCUT2D eigenvalue weighted by atomic mass is 9.84. The molecule has 1 aliphatic carbocycles. The van der Waals surface area contributed by atoms with E-state index in [-0.39, 0.29) is 44.0 Å². The maximum atomic E-state index is 13.3. The van der Waals surface area contributed by atoms with Gasteiger partial charge in [0.2, 0.25) is 17.7 Å². The molecule has 0 spiro atoms. The van der Waals surface area contributed by atoms with E-state index in [1.165, 1.54) is 11.3 Å². The molecule has 31 heavy (non-hydrogen) atoms. The van der Waals surface area contributed by atoms with Crippen LogP contribution in [0.5, 0.6) is 0 Å². The lowest BCUT2D eigenvalue weighted by molar-refractivity contribution is -0.144. The summed E-state index contributed by atoms with van der Waals surface area (Å²) in [5.74, 6) is 1.74. The molecule has 1 fully saturated rings. The Hall–Kier alpha value is -2.85. The van der Waals surface area contributed by atoms with Gasteiger partial charge >= 0.3 is 0 Å². The number of carbonyl (C=O) groups is 3. The highest BCUT2D eigenvalue weighted by atomic mass is 16.2. The zero-order chi connectivity index (χ0) is 22.6. The zero-order valence-electron chi connectivity index (χ0n) is 18.4. The highest BCUT2D eigenvalue weighted by molar-refractivity contribution is 5.88. The van der Waals surface area contributed by atoms with Gasteiger partial charge in [-0.25, -0.2) is 0 Å². The largest absolute Gasteiger partial charge is 0.368 e. The van der Waals surface area contributed by atoms with Gasteiger partial charge in [0.15, 0.2) is 0 Å². The van der Waals surface area contributed by atoms with Gasteiger partial charge in [-0.1, -0.05) is 55.5 Å². The summed E-state index contributed by atoms with van der Waals surface area (Å²) >= 11 is 0. The Morgan fingerprint density at radius 3 is 2.42 bits per heavy atom. The third-order valence-corrected chi connectivity index (χ3v) is 5.87. The predicted octanol–water partition coefficient (Wildman–Crippen LogP) is 1.52. The molecule has 7 heteroatoms. The van der Waals surface area contributed by atoms with Crippen molar-refractivity contribution in [2.24, 2.45) is 11.7 Å². The van der Waals surface area contributed by atoms with Crippen molar-refractivity contribution in [2.45, 2.75) is 51.6 Å². The van der Waals surface area contributed by atoms with Crippen LogP contribution in [-0.4, -0.2) is 59.7 Å². The topological polar surface area (TPSA) is 95.7 Å². The molecule has 1 aliphatic rings. The molecule has 0 unspecified atom stereocenters. The molecular weight excluding hydrogens is 392 g/mol. The SMILES string of the molecule is C#CCNCC(=O)N(CC(=O)N(CC(N)=O)[C@@H](C)C1CCCCC1)Cc1ccccc1. The molecule has 0 aromatic heterocycles. The van der Waals surface area contributed by atoms with Crippen molar-refractivity contribution in [1.82, 2.24) is 15.1 Å². The second-order valence-corrected chi connectivity index (χ2v) is 8.17. The van der Waals surface area contributed by atoms with Crippen LogP contribution in [0.3, 0.4) is 0 Å². The van der Waals surface area contributed by atoms with Gasteiger partial charge in [0.05, 0.1) is 19.6 Å². The van der Waals surface area contributed by atoms with E-state index in [0.717, 1.165) is 31.2 Å². The average molecular weight is 427 g/mol. The summed E-state index contributed by atoms with van der Waals surface area (Å²) in [6.45, 7) is 2.33. The predicted molar refractivity (Wildman–Crippen MR) is 121 cm³/mol. The Morgan fingerprint density at radius 2 is 1.81 bits per heavy atom. The summed E-state index contributed by atoms with van der Waals surface area (Å²) in [7, 11) is 0. The van der Waals surface area contributed by atoms with Crippen LogP contribution < -0.4 is 11.1 Å². The van der Waals surface area contributed by atoms with Crippen molar-refractivity contribution >= 4 is 17.7 Å². The van der Waals surface area contributed by atoms with Gasteiger partial charge in [0, 0.05) is 12.6 Å². The number of nitrogens with one attached hydrogen (secondary N) is 1. The lowest BCUT2D eigenvalue weighted by Gasteiger charge is -2.37. The van der Waals surface area contributed by atoms with Crippen LogP contribution in [0.25, 0.3) is 0 Å². The van der Waals surface area contributed by atoms with E-state index in [1.54, 1.807) is 4.90 Å². The first-order chi connectivity index (χ1) is 14.9. The molecule has 168 valence electrons. The van der Waals surface area contributed by atoms with E-state index in [1.807, 2.05) is 37.3 Å². The first kappa shape index (κ1) is 24.4. The molecule has 3 N–H and O–H groups in total. The minimum atomic E-state index is -0.548. The minimum absolute atomic E-state index is 0.0400. The van der Waals surface area contributed by atoms with E-state index < -0.39 is 5.91 Å². The first-order valence-corrected chi connectivity index (χ1v) is 11.0. The van der Waals surface area contributed by atoms with Crippen molar-refractivity contribution < 1.29 is 14.4 Å². The van der Waals surface area contributed by atoms with E-state index in [4.69, 9.17) is 12.2 Å². The number of primary amides is 1. The van der Waals surface area contributed by atoms with Crippen LogP contribution in [0.4, 0.5) is 0 Å². The molecule has 1 atom stereocenters. The van der Waals surface area contributed by atoms with E-state index in [2.05, 4.69) is 11.2 Å². The van der Waals surface area contributed by atoms with Crippen molar-refractivity contribution in [3.63, 3.8) is 0 Å². The third kappa shape index (κ3) is 8.06. The lowest BCUT2D eigenvalue weighted by Crippen LogP contribution is -2.52. The maximum absolute atomic E-state index is 13.3. The third-order valence-electron chi connectivity index (χ3n) is 5.87. The number of carbonyl (C=O) groups excluding carboxylic acids is 3.